The molecule has 0 aliphatic heterocycles. The van der Waals surface area contributed by atoms with Crippen molar-refractivity contribution < 1.29 is 23.5 Å². The molecule has 0 aliphatic rings. The lowest BCUT2D eigenvalue weighted by Crippen LogP contribution is -2.01. The lowest BCUT2D eigenvalue weighted by atomic mass is 10.1. The van der Waals surface area contributed by atoms with Crippen LogP contribution in [0.2, 0.25) is 0 Å². The summed E-state index contributed by atoms with van der Waals surface area (Å²) >= 11 is 0. The Hall–Kier alpha value is -2.53. The van der Waals surface area contributed by atoms with Crippen molar-refractivity contribution >= 4 is 11.4 Å². The number of aliphatic hydroxyl groups excluding tert-OH is 1. The van der Waals surface area contributed by atoms with Crippen LogP contribution in [-0.2, 0) is 0 Å². The monoisotopic (exact) mass is 406 g/mol. The summed E-state index contributed by atoms with van der Waals surface area (Å²) in [5.74, 6) is 0.144. The van der Waals surface area contributed by atoms with Gasteiger partial charge in [-0.25, -0.2) is 8.78 Å². The first-order chi connectivity index (χ1) is 13.3. The third-order valence-electron chi connectivity index (χ3n) is 1.94. The van der Waals surface area contributed by atoms with Crippen LogP contribution in [0.5, 0.6) is 5.75 Å². The summed E-state index contributed by atoms with van der Waals surface area (Å²) in [6.45, 7) is 12.8. The van der Waals surface area contributed by atoms with Crippen LogP contribution in [0.4, 0.5) is 14.5 Å². The summed E-state index contributed by atoms with van der Waals surface area (Å²) in [7, 11) is 1.36. The van der Waals surface area contributed by atoms with Gasteiger partial charge in [-0.15, -0.1) is 12.8 Å². The predicted octanol–water partition coefficient (Wildman–Crippen LogP) is 5.95. The number of benzene rings is 1. The number of methoxy groups -OCH3 is 1. The molecule has 0 unspecified atom stereocenters. The Morgan fingerprint density at radius 3 is 1.82 bits per heavy atom. The number of nitro benzene ring substituents is 1. The van der Waals surface area contributed by atoms with E-state index < -0.39 is 18.0 Å². The molecule has 0 saturated carbocycles. The Bertz CT molecular complexity index is 476. The molecule has 28 heavy (non-hydrogen) atoms. The minimum atomic E-state index is -2.56. The van der Waals surface area contributed by atoms with E-state index in [4.69, 9.17) is 15.3 Å². The van der Waals surface area contributed by atoms with Gasteiger partial charge in [0, 0.05) is 17.3 Å². The molecule has 0 spiro atoms. The molecule has 8 heteroatoms. The number of nitrogens with zero attached hydrogens (tertiary/aromatic N) is 1. The van der Waals surface area contributed by atoms with E-state index in [9.17, 15) is 18.9 Å². The summed E-state index contributed by atoms with van der Waals surface area (Å²) in [5, 5.41) is 25.4. The van der Waals surface area contributed by atoms with Gasteiger partial charge in [-0.2, -0.15) is 0 Å². The van der Waals surface area contributed by atoms with E-state index >= 15 is 0 Å². The van der Waals surface area contributed by atoms with Crippen LogP contribution in [0.25, 0.3) is 0 Å². The number of aliphatic hydroxyl groups is 1. The molecule has 1 aromatic rings. The summed E-state index contributed by atoms with van der Waals surface area (Å²) < 4.78 is 25.9. The molecule has 164 valence electrons. The van der Waals surface area contributed by atoms with Gasteiger partial charge in [0.15, 0.2) is 0 Å². The van der Waals surface area contributed by atoms with Crippen molar-refractivity contribution in [3.63, 3.8) is 0 Å². The van der Waals surface area contributed by atoms with Crippen LogP contribution in [-0.4, -0.2) is 35.9 Å². The van der Waals surface area contributed by atoms with E-state index in [0.717, 1.165) is 0 Å². The number of terminal acetylenes is 1. The molecule has 0 aliphatic carbocycles. The van der Waals surface area contributed by atoms with Crippen LogP contribution >= 0.6 is 0 Å². The fraction of sp³-hybridized carbons (Fsp3) is 0.550. The van der Waals surface area contributed by atoms with Crippen molar-refractivity contribution in [2.24, 2.45) is 0 Å². The van der Waals surface area contributed by atoms with Gasteiger partial charge in [-0.3, -0.25) is 10.1 Å². The second-order valence-electron chi connectivity index (χ2n) is 4.02. The van der Waals surface area contributed by atoms with Gasteiger partial charge in [-0.1, -0.05) is 54.0 Å². The third kappa shape index (κ3) is 21.5. The molecule has 0 heterocycles. The standard InChI is InChI=1S/C9H10N2O3.C3H8.C2H4F2O.2C2H6.C2H2/c1-6(10)7-4-3-5-8(11(12)13)9(7)14-2;1-3-2;3-2(4)1-5;3*1-2/h3-5,10H,1-2H3;3H2,1-2H3;2,5H,1H2;2*1-2H3;1-2H. The van der Waals surface area contributed by atoms with Crippen molar-refractivity contribution in [1.29, 1.82) is 5.41 Å². The molecular formula is C20H36F2N2O4. The maximum Gasteiger partial charge on any atom is 0.311 e. The maximum atomic E-state index is 10.6. The van der Waals surface area contributed by atoms with E-state index in [-0.39, 0.29) is 17.1 Å². The van der Waals surface area contributed by atoms with Gasteiger partial charge in [0.1, 0.15) is 6.61 Å². The number of ether oxygens (including phenoxy) is 1. The fourth-order valence-corrected chi connectivity index (χ4v) is 1.18. The topological polar surface area (TPSA) is 96.5 Å². The molecule has 0 fully saturated rings. The Kier molecular flexibility index (Phi) is 38.0. The average molecular weight is 407 g/mol. The molecule has 0 aromatic heterocycles. The van der Waals surface area contributed by atoms with Gasteiger partial charge in [-0.05, 0) is 13.0 Å². The maximum absolute atomic E-state index is 10.6. The first kappa shape index (κ1) is 36.4. The number of halogens is 2. The predicted molar refractivity (Wildman–Crippen MR) is 114 cm³/mol. The summed E-state index contributed by atoms with van der Waals surface area (Å²) in [6.07, 6.45) is 6.69. The fourth-order valence-electron chi connectivity index (χ4n) is 1.18. The first-order valence-electron chi connectivity index (χ1n) is 8.85. The van der Waals surface area contributed by atoms with E-state index in [1.165, 1.54) is 25.7 Å². The zero-order chi connectivity index (χ0) is 23.7. The van der Waals surface area contributed by atoms with Gasteiger partial charge in [0.2, 0.25) is 5.75 Å². The quantitative estimate of drug-likeness (QED) is 0.279. The molecule has 0 amide bonds. The molecular weight excluding hydrogens is 370 g/mol. The molecule has 1 rings (SSSR count). The van der Waals surface area contributed by atoms with Crippen LogP contribution in [0.1, 0.15) is 60.5 Å². The molecule has 0 saturated heterocycles. The number of nitrogens with one attached hydrogen (secondary N) is 1. The Morgan fingerprint density at radius 1 is 1.25 bits per heavy atom. The number of hydrogen-bond donors (Lipinski definition) is 2. The molecule has 0 atom stereocenters. The van der Waals surface area contributed by atoms with Crippen LogP contribution < -0.4 is 4.74 Å². The zero-order valence-electron chi connectivity index (χ0n) is 18.3. The highest BCUT2D eigenvalue weighted by Gasteiger charge is 2.18. The molecule has 6 nitrogen and oxygen atoms in total. The van der Waals surface area contributed by atoms with Crippen molar-refractivity contribution in [3.05, 3.63) is 33.9 Å². The second-order valence-corrected chi connectivity index (χ2v) is 4.02. The largest absolute Gasteiger partial charge is 0.490 e. The molecule has 0 bridgehead atoms. The Balaban J connectivity index is -0.000000105. The SMILES string of the molecule is C#C.CC.CC.CCC.COc1c(C(C)=N)cccc1[N+](=O)[O-].OCC(F)F. The molecule has 0 radical (unpaired) electrons. The number of alkyl halides is 2. The zero-order valence-corrected chi connectivity index (χ0v) is 18.3. The third-order valence-corrected chi connectivity index (χ3v) is 1.94. The number of rotatable bonds is 4. The van der Waals surface area contributed by atoms with Crippen molar-refractivity contribution in [3.8, 4) is 18.6 Å². The summed E-state index contributed by atoms with van der Waals surface area (Å²) in [6, 6.07) is 4.51. The normalized spacial score (nSPS) is 7.64. The average Bonchev–Trinajstić information content (AvgIpc) is 2.72. The van der Waals surface area contributed by atoms with E-state index in [0.29, 0.717) is 5.56 Å². The molecule has 1 aromatic carbocycles. The van der Waals surface area contributed by atoms with Gasteiger partial charge in [0.05, 0.1) is 12.0 Å². The van der Waals surface area contributed by atoms with Crippen LogP contribution in [0.3, 0.4) is 0 Å². The van der Waals surface area contributed by atoms with Crippen molar-refractivity contribution in [2.45, 2.75) is 61.3 Å². The highest BCUT2D eigenvalue weighted by Crippen LogP contribution is 2.30. The smallest absolute Gasteiger partial charge is 0.311 e. The van der Waals surface area contributed by atoms with E-state index in [1.54, 1.807) is 13.0 Å². The Morgan fingerprint density at radius 2 is 1.61 bits per heavy atom. The lowest BCUT2D eigenvalue weighted by molar-refractivity contribution is -0.385. The van der Waals surface area contributed by atoms with Gasteiger partial charge < -0.3 is 15.3 Å². The first-order valence-corrected chi connectivity index (χ1v) is 8.85. The highest BCUT2D eigenvalue weighted by atomic mass is 19.3. The van der Waals surface area contributed by atoms with Crippen molar-refractivity contribution in [2.75, 3.05) is 13.7 Å². The number of nitro groups is 1. The van der Waals surface area contributed by atoms with Gasteiger partial charge >= 0.3 is 5.69 Å². The van der Waals surface area contributed by atoms with Crippen LogP contribution in [0.15, 0.2) is 18.2 Å². The number of hydrogen-bond acceptors (Lipinski definition) is 5. The number of para-hydroxylation sites is 1. The molecule has 2 N–H and O–H groups in total. The van der Waals surface area contributed by atoms with E-state index in [1.807, 2.05) is 27.7 Å². The van der Waals surface area contributed by atoms with Gasteiger partial charge in [0.25, 0.3) is 6.43 Å². The summed E-state index contributed by atoms with van der Waals surface area (Å²) in [4.78, 5) is 10.1. The van der Waals surface area contributed by atoms with Crippen molar-refractivity contribution in [1.82, 2.24) is 0 Å². The summed E-state index contributed by atoms with van der Waals surface area (Å²) in [5.41, 5.74) is 0.573. The van der Waals surface area contributed by atoms with E-state index in [2.05, 4.69) is 26.7 Å². The van der Waals surface area contributed by atoms with Crippen LogP contribution in [0, 0.1) is 28.4 Å². The Labute approximate surface area is 168 Å². The minimum Gasteiger partial charge on any atom is -0.490 e. The second kappa shape index (κ2) is 29.2. The minimum absolute atomic E-state index is 0.114. The lowest BCUT2D eigenvalue weighted by Gasteiger charge is -2.06. The highest BCUT2D eigenvalue weighted by molar-refractivity contribution is 6.00.